The van der Waals surface area contributed by atoms with Crippen LogP contribution in [0.1, 0.15) is 12.5 Å². The summed E-state index contributed by atoms with van der Waals surface area (Å²) in [4.78, 5) is 28.9. The van der Waals surface area contributed by atoms with Crippen molar-refractivity contribution in [2.24, 2.45) is 0 Å². The van der Waals surface area contributed by atoms with Crippen molar-refractivity contribution in [3.05, 3.63) is 57.5 Å². The third-order valence-electron chi connectivity index (χ3n) is 3.73. The smallest absolute Gasteiger partial charge is 0.323 e. The number of carbonyl (C=O) groups is 1. The number of fused-ring (bicyclic) bond motifs is 1. The summed E-state index contributed by atoms with van der Waals surface area (Å²) < 4.78 is 0. The number of imidazole rings is 1. The number of hydrogen-bond donors (Lipinski definition) is 4. The van der Waals surface area contributed by atoms with Crippen LogP contribution in [0.15, 0.2) is 41.2 Å². The molecule has 3 aromatic rings. The van der Waals surface area contributed by atoms with Gasteiger partial charge in [0.1, 0.15) is 6.04 Å². The maximum Gasteiger partial charge on any atom is 0.323 e. The minimum absolute atomic E-state index is 0.191. The second-order valence-electron chi connectivity index (χ2n) is 5.66. The molecule has 0 aliphatic heterocycles. The van der Waals surface area contributed by atoms with Gasteiger partial charge in [0.25, 0.3) is 0 Å². The second kappa shape index (κ2) is 6.41. The lowest BCUT2D eigenvalue weighted by Gasteiger charge is -2.16. The maximum atomic E-state index is 12.3. The van der Waals surface area contributed by atoms with Crippen LogP contribution in [-0.4, -0.2) is 21.9 Å². The average Bonchev–Trinajstić information content (AvgIpc) is 2.90. The molecule has 7 heteroatoms. The van der Waals surface area contributed by atoms with Gasteiger partial charge < -0.3 is 20.6 Å². The van der Waals surface area contributed by atoms with Gasteiger partial charge in [-0.05, 0) is 49.7 Å². The number of rotatable bonds is 4. The first-order chi connectivity index (χ1) is 11.4. The van der Waals surface area contributed by atoms with Gasteiger partial charge in [-0.15, -0.1) is 0 Å². The first-order valence-corrected chi connectivity index (χ1v) is 7.86. The minimum atomic E-state index is -0.454. The fourth-order valence-corrected chi connectivity index (χ4v) is 2.54. The van der Waals surface area contributed by atoms with Crippen LogP contribution in [0.4, 0.5) is 11.4 Å². The lowest BCUT2D eigenvalue weighted by Crippen LogP contribution is -2.31. The fourth-order valence-electron chi connectivity index (χ4n) is 2.36. The standard InChI is InChI=1S/C17H17ClN4O2/c1-9-3-4-11(7-13(9)18)19-10(2)16(23)20-12-5-6-14-15(8-12)22-17(24)21-14/h3-8,10,19H,1-2H3,(H,20,23)(H2,21,22,24)/t10-/m1/s1. The quantitative estimate of drug-likeness (QED) is 0.585. The highest BCUT2D eigenvalue weighted by Gasteiger charge is 2.13. The number of hydrogen-bond acceptors (Lipinski definition) is 3. The van der Waals surface area contributed by atoms with E-state index in [2.05, 4.69) is 20.6 Å². The Hall–Kier alpha value is -2.73. The van der Waals surface area contributed by atoms with Crippen LogP contribution < -0.4 is 16.3 Å². The van der Waals surface area contributed by atoms with Crippen molar-refractivity contribution in [1.29, 1.82) is 0 Å². The van der Waals surface area contributed by atoms with E-state index >= 15 is 0 Å². The molecule has 1 aromatic heterocycles. The van der Waals surface area contributed by atoms with Gasteiger partial charge in [-0.2, -0.15) is 0 Å². The van der Waals surface area contributed by atoms with Gasteiger partial charge in [-0.25, -0.2) is 4.79 Å². The van der Waals surface area contributed by atoms with E-state index in [1.165, 1.54) is 0 Å². The Kier molecular flexibility index (Phi) is 4.31. The summed E-state index contributed by atoms with van der Waals surface area (Å²) in [5.41, 5.74) is 3.42. The van der Waals surface area contributed by atoms with Gasteiger partial charge in [-0.3, -0.25) is 4.79 Å². The third-order valence-corrected chi connectivity index (χ3v) is 4.14. The lowest BCUT2D eigenvalue weighted by atomic mass is 10.2. The van der Waals surface area contributed by atoms with Gasteiger partial charge in [-0.1, -0.05) is 17.7 Å². The fraction of sp³-hybridized carbons (Fsp3) is 0.176. The van der Waals surface area contributed by atoms with Gasteiger partial charge in [0.05, 0.1) is 11.0 Å². The summed E-state index contributed by atoms with van der Waals surface area (Å²) in [6, 6.07) is 10.3. The number of H-pyrrole nitrogens is 2. The van der Waals surface area contributed by atoms with Crippen LogP contribution in [0.5, 0.6) is 0 Å². The first-order valence-electron chi connectivity index (χ1n) is 7.48. The first kappa shape index (κ1) is 16.1. The summed E-state index contributed by atoms with van der Waals surface area (Å²) in [6.45, 7) is 3.68. The average molecular weight is 345 g/mol. The Bertz CT molecular complexity index is 961. The molecule has 1 heterocycles. The Balaban J connectivity index is 1.70. The van der Waals surface area contributed by atoms with Crippen LogP contribution in [0.2, 0.25) is 5.02 Å². The van der Waals surface area contributed by atoms with Gasteiger partial charge in [0.2, 0.25) is 5.91 Å². The molecule has 0 spiro atoms. The summed E-state index contributed by atoms with van der Waals surface area (Å²) in [7, 11) is 0. The molecule has 0 bridgehead atoms. The highest BCUT2D eigenvalue weighted by molar-refractivity contribution is 6.31. The molecule has 3 rings (SSSR count). The molecule has 0 aliphatic rings. The van der Waals surface area contributed by atoms with Crippen LogP contribution in [0.25, 0.3) is 11.0 Å². The van der Waals surface area contributed by atoms with E-state index in [9.17, 15) is 9.59 Å². The molecule has 4 N–H and O–H groups in total. The van der Waals surface area contributed by atoms with Crippen molar-refractivity contribution in [2.45, 2.75) is 19.9 Å². The second-order valence-corrected chi connectivity index (χ2v) is 6.07. The highest BCUT2D eigenvalue weighted by atomic mass is 35.5. The number of aromatic amines is 2. The molecular formula is C17H17ClN4O2. The van der Waals surface area contributed by atoms with Crippen LogP contribution >= 0.6 is 11.6 Å². The van der Waals surface area contributed by atoms with Crippen molar-refractivity contribution >= 4 is 39.9 Å². The number of benzene rings is 2. The van der Waals surface area contributed by atoms with Crippen molar-refractivity contribution in [3.8, 4) is 0 Å². The van der Waals surface area contributed by atoms with Crippen molar-refractivity contribution in [1.82, 2.24) is 9.97 Å². The zero-order valence-corrected chi connectivity index (χ0v) is 14.0. The van der Waals surface area contributed by atoms with Crippen molar-refractivity contribution in [3.63, 3.8) is 0 Å². The van der Waals surface area contributed by atoms with Gasteiger partial charge in [0.15, 0.2) is 0 Å². The molecule has 1 atom stereocenters. The Morgan fingerprint density at radius 2 is 1.79 bits per heavy atom. The minimum Gasteiger partial charge on any atom is -0.374 e. The van der Waals surface area contributed by atoms with Gasteiger partial charge >= 0.3 is 5.69 Å². The maximum absolute atomic E-state index is 12.3. The number of amides is 1. The number of halogens is 1. The lowest BCUT2D eigenvalue weighted by molar-refractivity contribution is -0.116. The molecule has 0 unspecified atom stereocenters. The highest BCUT2D eigenvalue weighted by Crippen LogP contribution is 2.21. The number of nitrogens with one attached hydrogen (secondary N) is 4. The largest absolute Gasteiger partial charge is 0.374 e. The molecule has 0 saturated heterocycles. The number of aryl methyl sites for hydroxylation is 1. The number of anilines is 2. The van der Waals surface area contributed by atoms with Crippen LogP contribution in [-0.2, 0) is 4.79 Å². The van der Waals surface area contributed by atoms with E-state index in [1.54, 1.807) is 31.2 Å². The Labute approximate surface area is 143 Å². The predicted octanol–water partition coefficient (Wildman–Crippen LogP) is 3.26. The van der Waals surface area contributed by atoms with Gasteiger partial charge in [0, 0.05) is 16.4 Å². The van der Waals surface area contributed by atoms with E-state index in [1.807, 2.05) is 19.1 Å². The van der Waals surface area contributed by atoms with E-state index < -0.39 is 6.04 Å². The summed E-state index contributed by atoms with van der Waals surface area (Å²) in [5.74, 6) is -0.191. The van der Waals surface area contributed by atoms with Crippen LogP contribution in [0.3, 0.4) is 0 Å². The van der Waals surface area contributed by atoms with E-state index in [0.717, 1.165) is 11.3 Å². The van der Waals surface area contributed by atoms with Crippen LogP contribution in [0, 0.1) is 6.92 Å². The van der Waals surface area contributed by atoms with E-state index in [0.29, 0.717) is 21.7 Å². The number of aromatic nitrogens is 2. The Morgan fingerprint density at radius 3 is 2.54 bits per heavy atom. The molecule has 0 saturated carbocycles. The molecule has 1 amide bonds. The summed E-state index contributed by atoms with van der Waals surface area (Å²) in [5, 5.41) is 6.58. The Morgan fingerprint density at radius 1 is 1.08 bits per heavy atom. The zero-order chi connectivity index (χ0) is 17.3. The normalized spacial score (nSPS) is 12.1. The molecule has 124 valence electrons. The summed E-state index contributed by atoms with van der Waals surface area (Å²) >= 11 is 6.09. The molecule has 0 aliphatic carbocycles. The van der Waals surface area contributed by atoms with E-state index in [4.69, 9.17) is 11.6 Å². The van der Waals surface area contributed by atoms with Crippen molar-refractivity contribution < 1.29 is 4.79 Å². The number of carbonyl (C=O) groups excluding carboxylic acids is 1. The molecule has 2 aromatic carbocycles. The monoisotopic (exact) mass is 344 g/mol. The molecular weight excluding hydrogens is 328 g/mol. The molecule has 0 fully saturated rings. The molecule has 0 radical (unpaired) electrons. The zero-order valence-electron chi connectivity index (χ0n) is 13.2. The van der Waals surface area contributed by atoms with E-state index in [-0.39, 0.29) is 11.6 Å². The molecule has 24 heavy (non-hydrogen) atoms. The predicted molar refractivity (Wildman–Crippen MR) is 96.8 cm³/mol. The SMILES string of the molecule is Cc1ccc(N[C@H](C)C(=O)Nc2ccc3[nH]c(=O)[nH]c3c2)cc1Cl. The topological polar surface area (TPSA) is 89.8 Å². The summed E-state index contributed by atoms with van der Waals surface area (Å²) in [6.07, 6.45) is 0. The molecule has 6 nitrogen and oxygen atoms in total. The van der Waals surface area contributed by atoms with Crippen molar-refractivity contribution in [2.75, 3.05) is 10.6 Å². The third kappa shape index (κ3) is 3.44.